The molecule has 5 rings (SSSR count). The summed E-state index contributed by atoms with van der Waals surface area (Å²) < 4.78 is 40.2. The predicted octanol–water partition coefficient (Wildman–Crippen LogP) is 3.45. The highest BCUT2D eigenvalue weighted by atomic mass is 32.2. The SMILES string of the molecule is COCC(C)(N)c1cnc(OC2CC(CS(C)(=O)=O)C2)c2cnc(Nc3ccc4c(n3)[C@@H](C)[C@H](C)OC4=O)cc12. The molecule has 0 aromatic carbocycles. The van der Waals surface area contributed by atoms with E-state index in [1.54, 1.807) is 31.6 Å². The van der Waals surface area contributed by atoms with Crippen molar-refractivity contribution >= 4 is 38.2 Å². The summed E-state index contributed by atoms with van der Waals surface area (Å²) in [5.74, 6) is 1.32. The molecule has 0 spiro atoms. The van der Waals surface area contributed by atoms with E-state index in [1.807, 2.05) is 26.8 Å². The van der Waals surface area contributed by atoms with Gasteiger partial charge in [0, 0.05) is 37.2 Å². The average Bonchev–Trinajstić information content (AvgIpc) is 2.85. The van der Waals surface area contributed by atoms with Crippen LogP contribution in [0.15, 0.2) is 30.6 Å². The predicted molar refractivity (Wildman–Crippen MR) is 151 cm³/mol. The molecule has 1 unspecified atom stereocenters. The molecule has 2 aliphatic rings. The second kappa shape index (κ2) is 10.6. The monoisotopic (exact) mass is 569 g/mol. The van der Waals surface area contributed by atoms with Crippen molar-refractivity contribution < 1.29 is 27.4 Å². The fourth-order valence-electron chi connectivity index (χ4n) is 5.35. The van der Waals surface area contributed by atoms with E-state index in [9.17, 15) is 13.2 Å². The van der Waals surface area contributed by atoms with Crippen molar-refractivity contribution in [2.24, 2.45) is 11.7 Å². The molecule has 3 aromatic heterocycles. The fraction of sp³-hybridized carbons (Fsp3) is 0.500. The van der Waals surface area contributed by atoms with Crippen LogP contribution in [0.25, 0.3) is 10.8 Å². The number of nitrogens with zero attached hydrogens (tertiary/aromatic N) is 3. The van der Waals surface area contributed by atoms with Gasteiger partial charge in [0.1, 0.15) is 33.7 Å². The van der Waals surface area contributed by atoms with E-state index in [4.69, 9.17) is 24.9 Å². The van der Waals surface area contributed by atoms with E-state index < -0.39 is 15.4 Å². The van der Waals surface area contributed by atoms with Crippen molar-refractivity contribution in [3.63, 3.8) is 0 Å². The van der Waals surface area contributed by atoms with E-state index in [0.29, 0.717) is 47.0 Å². The summed E-state index contributed by atoms with van der Waals surface area (Å²) in [7, 11) is -1.44. The van der Waals surface area contributed by atoms with Gasteiger partial charge in [0.15, 0.2) is 0 Å². The minimum atomic E-state index is -3.03. The third kappa shape index (κ3) is 5.74. The van der Waals surface area contributed by atoms with Crippen molar-refractivity contribution in [1.82, 2.24) is 15.0 Å². The molecule has 1 fully saturated rings. The van der Waals surface area contributed by atoms with Crippen molar-refractivity contribution in [1.29, 1.82) is 0 Å². The highest BCUT2D eigenvalue weighted by Gasteiger charge is 2.35. The molecule has 1 saturated carbocycles. The standard InChI is InChI=1S/C28H35N5O6S/c1-15-16(2)38-27(34)19-6-7-23(33-25(15)19)32-24-10-20-21(11-30-24)26(31-12-22(20)28(3,29)14-37-4)39-18-8-17(9-18)13-40(5,35)36/h6-7,10-12,15-18H,8-9,13-14,29H2,1-5H3,(H,30,32,33)/t15-,16-,17?,18?,28?/m0/s1. The second-order valence-corrected chi connectivity index (χ2v) is 13.5. The first-order valence-corrected chi connectivity index (χ1v) is 15.3. The van der Waals surface area contributed by atoms with Gasteiger partial charge in [-0.1, -0.05) is 6.92 Å². The number of nitrogens with one attached hydrogen (secondary N) is 1. The zero-order valence-corrected chi connectivity index (χ0v) is 24.1. The molecule has 3 aromatic rings. The number of methoxy groups -OCH3 is 1. The first kappa shape index (κ1) is 28.2. The van der Waals surface area contributed by atoms with E-state index >= 15 is 0 Å². The van der Waals surface area contributed by atoms with Crippen LogP contribution in [0.2, 0.25) is 0 Å². The van der Waals surface area contributed by atoms with Crippen LogP contribution < -0.4 is 15.8 Å². The smallest absolute Gasteiger partial charge is 0.340 e. The molecule has 11 nitrogen and oxygen atoms in total. The Morgan fingerprint density at radius 1 is 1.15 bits per heavy atom. The zero-order valence-electron chi connectivity index (χ0n) is 23.3. The zero-order chi connectivity index (χ0) is 28.8. The number of sulfone groups is 1. The molecule has 3 N–H and O–H groups in total. The van der Waals surface area contributed by atoms with Crippen molar-refractivity contribution in [3.8, 4) is 5.88 Å². The van der Waals surface area contributed by atoms with Gasteiger partial charge in [-0.05, 0) is 56.2 Å². The number of pyridine rings is 3. The number of hydrogen-bond donors (Lipinski definition) is 2. The van der Waals surface area contributed by atoms with Crippen LogP contribution in [0.5, 0.6) is 5.88 Å². The molecule has 1 aliphatic heterocycles. The molecule has 12 heteroatoms. The molecule has 1 aliphatic carbocycles. The maximum atomic E-state index is 12.3. The van der Waals surface area contributed by atoms with Crippen LogP contribution in [-0.4, -0.2) is 67.3 Å². The topological polar surface area (TPSA) is 156 Å². The maximum absolute atomic E-state index is 12.3. The Morgan fingerprint density at radius 2 is 1.90 bits per heavy atom. The Labute approximate surface area is 233 Å². The van der Waals surface area contributed by atoms with Crippen LogP contribution in [0.1, 0.15) is 61.1 Å². The van der Waals surface area contributed by atoms with Gasteiger partial charge >= 0.3 is 5.97 Å². The summed E-state index contributed by atoms with van der Waals surface area (Å²) in [5, 5.41) is 4.73. The Balaban J connectivity index is 1.46. The molecule has 0 radical (unpaired) electrons. The summed E-state index contributed by atoms with van der Waals surface area (Å²) in [6, 6.07) is 5.30. The number of cyclic esters (lactones) is 1. The molecular weight excluding hydrogens is 534 g/mol. The van der Waals surface area contributed by atoms with Gasteiger partial charge in [0.25, 0.3) is 0 Å². The molecule has 214 valence electrons. The minimum Gasteiger partial charge on any atom is -0.474 e. The Morgan fingerprint density at radius 3 is 2.60 bits per heavy atom. The lowest BCUT2D eigenvalue weighted by Gasteiger charge is -2.35. The van der Waals surface area contributed by atoms with Crippen molar-refractivity contribution in [2.75, 3.05) is 31.0 Å². The quantitative estimate of drug-likeness (QED) is 0.364. The molecule has 0 bridgehead atoms. The molecule has 40 heavy (non-hydrogen) atoms. The number of carbonyl (C=O) groups excluding carboxylic acids is 1. The number of fused-ring (bicyclic) bond motifs is 2. The molecule has 3 atom stereocenters. The lowest BCUT2D eigenvalue weighted by atomic mass is 9.84. The van der Waals surface area contributed by atoms with E-state index in [2.05, 4.69) is 15.3 Å². The first-order chi connectivity index (χ1) is 18.8. The normalized spacial score (nSPS) is 24.0. The number of ether oxygens (including phenoxy) is 3. The summed E-state index contributed by atoms with van der Waals surface area (Å²) >= 11 is 0. The van der Waals surface area contributed by atoms with Crippen LogP contribution in [-0.2, 0) is 24.8 Å². The number of hydrogen-bond acceptors (Lipinski definition) is 11. The summed E-state index contributed by atoms with van der Waals surface area (Å²) in [6.07, 6.45) is 5.54. The number of anilines is 2. The Bertz CT molecular complexity index is 1550. The number of rotatable bonds is 9. The Hall–Kier alpha value is -3.35. The van der Waals surface area contributed by atoms with E-state index in [1.165, 1.54) is 6.26 Å². The van der Waals surface area contributed by atoms with Crippen LogP contribution in [0.4, 0.5) is 11.6 Å². The summed E-state index contributed by atoms with van der Waals surface area (Å²) in [6.45, 7) is 5.97. The Kier molecular flexibility index (Phi) is 7.45. The molecule has 0 saturated heterocycles. The number of aromatic nitrogens is 3. The molecule has 4 heterocycles. The minimum absolute atomic E-state index is 0.0491. The lowest BCUT2D eigenvalue weighted by Crippen LogP contribution is -2.39. The van der Waals surface area contributed by atoms with Gasteiger partial charge in [0.05, 0.1) is 34.5 Å². The third-order valence-electron chi connectivity index (χ3n) is 7.63. The summed E-state index contributed by atoms with van der Waals surface area (Å²) in [4.78, 5) is 26.2. The maximum Gasteiger partial charge on any atom is 0.340 e. The third-order valence-corrected chi connectivity index (χ3v) is 8.71. The van der Waals surface area contributed by atoms with Crippen LogP contribution in [0, 0.1) is 5.92 Å². The lowest BCUT2D eigenvalue weighted by molar-refractivity contribution is 0.0235. The number of esters is 1. The van der Waals surface area contributed by atoms with Gasteiger partial charge in [-0.3, -0.25) is 0 Å². The highest BCUT2D eigenvalue weighted by Crippen LogP contribution is 2.37. The van der Waals surface area contributed by atoms with Crippen molar-refractivity contribution in [3.05, 3.63) is 47.4 Å². The largest absolute Gasteiger partial charge is 0.474 e. The van der Waals surface area contributed by atoms with E-state index in [-0.39, 0.29) is 42.4 Å². The highest BCUT2D eigenvalue weighted by molar-refractivity contribution is 7.90. The molecular formula is C28H35N5O6S. The van der Waals surface area contributed by atoms with Gasteiger partial charge in [0.2, 0.25) is 5.88 Å². The second-order valence-electron chi connectivity index (χ2n) is 11.3. The van der Waals surface area contributed by atoms with Crippen LogP contribution in [0.3, 0.4) is 0 Å². The van der Waals surface area contributed by atoms with Gasteiger partial charge < -0.3 is 25.3 Å². The summed E-state index contributed by atoms with van der Waals surface area (Å²) in [5.41, 5.74) is 7.70. The van der Waals surface area contributed by atoms with Gasteiger partial charge in [-0.2, -0.15) is 0 Å². The van der Waals surface area contributed by atoms with Gasteiger partial charge in [-0.25, -0.2) is 28.2 Å². The van der Waals surface area contributed by atoms with Crippen molar-refractivity contribution in [2.45, 2.75) is 57.3 Å². The van der Waals surface area contributed by atoms with Gasteiger partial charge in [-0.15, -0.1) is 0 Å². The van der Waals surface area contributed by atoms with E-state index in [0.717, 1.165) is 10.9 Å². The number of carbonyl (C=O) groups is 1. The average molecular weight is 570 g/mol. The van der Waals surface area contributed by atoms with Crippen LogP contribution >= 0.6 is 0 Å². The fourth-order valence-corrected chi connectivity index (χ4v) is 6.48. The first-order valence-electron chi connectivity index (χ1n) is 13.2. The number of nitrogens with two attached hydrogens (primary N) is 1. The molecule has 0 amide bonds.